The molecule has 0 spiro atoms. The number of hydrogen-bond donors (Lipinski definition) is 2. The van der Waals surface area contributed by atoms with E-state index in [0.29, 0.717) is 13.0 Å². The first kappa shape index (κ1) is 14.8. The molecule has 112 valence electrons. The molecule has 0 saturated carbocycles. The topological polar surface area (TPSA) is 75.3 Å². The molecule has 0 aromatic carbocycles. The van der Waals surface area contributed by atoms with Crippen LogP contribution in [0.4, 0.5) is 24.9 Å². The Morgan fingerprint density at radius 3 is 2.75 bits per heavy atom. The summed E-state index contributed by atoms with van der Waals surface area (Å²) in [6.07, 6.45) is -1.34. The molecule has 8 heteroatoms. The Kier molecular flexibility index (Phi) is 4.32. The molecule has 0 aliphatic carbocycles. The van der Waals surface area contributed by atoms with Crippen LogP contribution >= 0.6 is 0 Å². The third kappa shape index (κ3) is 3.30. The lowest BCUT2D eigenvalue weighted by Crippen LogP contribution is -2.41. The number of aliphatic hydroxyl groups is 1. The van der Waals surface area contributed by atoms with Crippen molar-refractivity contribution in [2.45, 2.75) is 37.9 Å². The van der Waals surface area contributed by atoms with Crippen LogP contribution in [0.1, 0.15) is 31.4 Å². The number of hydrogen-bond acceptors (Lipinski definition) is 5. The molecular weight excluding hydrogens is 273 g/mol. The number of rotatable bonds is 3. The van der Waals surface area contributed by atoms with Gasteiger partial charge in [0.2, 0.25) is 5.95 Å². The highest BCUT2D eigenvalue weighted by molar-refractivity contribution is 5.45. The van der Waals surface area contributed by atoms with Gasteiger partial charge in [-0.15, -0.1) is 0 Å². The number of alkyl halides is 3. The van der Waals surface area contributed by atoms with E-state index in [1.54, 1.807) is 4.90 Å². The van der Waals surface area contributed by atoms with E-state index in [-0.39, 0.29) is 24.4 Å². The highest BCUT2D eigenvalue weighted by atomic mass is 19.4. The molecule has 1 aromatic heterocycles. The molecule has 2 rings (SSSR count). The number of halogens is 3. The molecular formula is C12H17F3N4O. The van der Waals surface area contributed by atoms with E-state index in [1.165, 1.54) is 0 Å². The molecule has 1 atom stereocenters. The number of nitrogens with zero attached hydrogens (tertiary/aromatic N) is 3. The maximum absolute atomic E-state index is 12.8. The highest BCUT2D eigenvalue weighted by Gasteiger charge is 2.35. The fourth-order valence-corrected chi connectivity index (χ4v) is 2.50. The smallest absolute Gasteiger partial charge is 0.396 e. The van der Waals surface area contributed by atoms with Gasteiger partial charge >= 0.3 is 6.18 Å². The minimum atomic E-state index is -4.55. The van der Waals surface area contributed by atoms with Crippen molar-refractivity contribution in [1.82, 2.24) is 9.97 Å². The van der Waals surface area contributed by atoms with Crippen LogP contribution in [0.5, 0.6) is 0 Å². The van der Waals surface area contributed by atoms with Gasteiger partial charge in [-0.25, -0.2) is 4.98 Å². The molecule has 20 heavy (non-hydrogen) atoms. The van der Waals surface area contributed by atoms with Crippen molar-refractivity contribution in [1.29, 1.82) is 0 Å². The van der Waals surface area contributed by atoms with Crippen LogP contribution in [0.3, 0.4) is 0 Å². The van der Waals surface area contributed by atoms with E-state index < -0.39 is 11.9 Å². The number of nitrogen functional groups attached to an aromatic ring is 1. The van der Waals surface area contributed by atoms with Crippen molar-refractivity contribution in [2.75, 3.05) is 23.8 Å². The average molecular weight is 290 g/mol. The van der Waals surface area contributed by atoms with Crippen molar-refractivity contribution in [3.63, 3.8) is 0 Å². The SMILES string of the molecule is Nc1nc(N2CCCCC2CCO)cc(C(F)(F)F)n1. The van der Waals surface area contributed by atoms with Crippen molar-refractivity contribution >= 4 is 11.8 Å². The summed E-state index contributed by atoms with van der Waals surface area (Å²) in [6, 6.07) is 0.913. The predicted octanol–water partition coefficient (Wildman–Crippen LogP) is 1.82. The summed E-state index contributed by atoms with van der Waals surface area (Å²) in [4.78, 5) is 8.94. The van der Waals surface area contributed by atoms with Crippen LogP contribution in [-0.4, -0.2) is 34.3 Å². The van der Waals surface area contributed by atoms with E-state index in [0.717, 1.165) is 25.3 Å². The van der Waals surface area contributed by atoms with E-state index in [2.05, 4.69) is 9.97 Å². The first-order chi connectivity index (χ1) is 9.41. The van der Waals surface area contributed by atoms with E-state index in [9.17, 15) is 13.2 Å². The Hall–Kier alpha value is -1.57. The standard InChI is InChI=1S/C12H17F3N4O/c13-12(14,15)9-7-10(18-11(16)17-9)19-5-2-1-3-8(19)4-6-20/h7-8,20H,1-6H2,(H2,16,17,18). The van der Waals surface area contributed by atoms with Crippen LogP contribution in [-0.2, 0) is 6.18 Å². The van der Waals surface area contributed by atoms with E-state index in [4.69, 9.17) is 10.8 Å². The Labute approximate surface area is 114 Å². The summed E-state index contributed by atoms with van der Waals surface area (Å²) in [5.74, 6) is -0.203. The maximum Gasteiger partial charge on any atom is 0.433 e. The number of nitrogens with two attached hydrogens (primary N) is 1. The fraction of sp³-hybridized carbons (Fsp3) is 0.667. The fourth-order valence-electron chi connectivity index (χ4n) is 2.50. The lowest BCUT2D eigenvalue weighted by molar-refractivity contribution is -0.141. The maximum atomic E-state index is 12.8. The summed E-state index contributed by atoms with van der Waals surface area (Å²) < 4.78 is 38.3. The molecule has 0 radical (unpaired) electrons. The zero-order chi connectivity index (χ0) is 14.8. The van der Waals surface area contributed by atoms with Crippen LogP contribution in [0, 0.1) is 0 Å². The molecule has 5 nitrogen and oxygen atoms in total. The summed E-state index contributed by atoms with van der Waals surface area (Å²) in [6.45, 7) is 0.603. The van der Waals surface area contributed by atoms with Crippen LogP contribution < -0.4 is 10.6 Å². The molecule has 0 bridgehead atoms. The molecule has 1 aromatic rings. The van der Waals surface area contributed by atoms with Gasteiger partial charge in [-0.1, -0.05) is 0 Å². The van der Waals surface area contributed by atoms with E-state index in [1.807, 2.05) is 0 Å². The Morgan fingerprint density at radius 2 is 2.10 bits per heavy atom. The zero-order valence-corrected chi connectivity index (χ0v) is 10.9. The molecule has 1 aliphatic heterocycles. The van der Waals surface area contributed by atoms with Gasteiger partial charge in [-0.3, -0.25) is 0 Å². The third-order valence-electron chi connectivity index (χ3n) is 3.40. The van der Waals surface area contributed by atoms with Gasteiger partial charge in [0.25, 0.3) is 0 Å². The van der Waals surface area contributed by atoms with Crippen LogP contribution in [0.25, 0.3) is 0 Å². The van der Waals surface area contributed by atoms with Gasteiger partial charge in [0, 0.05) is 25.3 Å². The van der Waals surface area contributed by atoms with Crippen molar-refractivity contribution in [3.05, 3.63) is 11.8 Å². The summed E-state index contributed by atoms with van der Waals surface area (Å²) in [5.41, 5.74) is 4.35. The Balaban J connectivity index is 2.32. The zero-order valence-electron chi connectivity index (χ0n) is 10.9. The normalized spacial score (nSPS) is 20.2. The molecule has 1 aliphatic rings. The summed E-state index contributed by atoms with van der Waals surface area (Å²) in [5, 5.41) is 9.06. The van der Waals surface area contributed by atoms with Gasteiger partial charge < -0.3 is 15.7 Å². The minimum Gasteiger partial charge on any atom is -0.396 e. The molecule has 2 heterocycles. The quantitative estimate of drug-likeness (QED) is 0.888. The lowest BCUT2D eigenvalue weighted by atomic mass is 9.99. The van der Waals surface area contributed by atoms with Crippen molar-refractivity contribution in [2.24, 2.45) is 0 Å². The Bertz CT molecular complexity index is 465. The lowest BCUT2D eigenvalue weighted by Gasteiger charge is -2.36. The molecule has 1 fully saturated rings. The Morgan fingerprint density at radius 1 is 1.35 bits per heavy atom. The third-order valence-corrected chi connectivity index (χ3v) is 3.40. The van der Waals surface area contributed by atoms with Crippen molar-refractivity contribution < 1.29 is 18.3 Å². The monoisotopic (exact) mass is 290 g/mol. The summed E-state index contributed by atoms with van der Waals surface area (Å²) >= 11 is 0. The van der Waals surface area contributed by atoms with Crippen LogP contribution in [0.2, 0.25) is 0 Å². The summed E-state index contributed by atoms with van der Waals surface area (Å²) in [7, 11) is 0. The average Bonchev–Trinajstić information content (AvgIpc) is 2.38. The van der Waals surface area contributed by atoms with E-state index >= 15 is 0 Å². The molecule has 1 unspecified atom stereocenters. The highest BCUT2D eigenvalue weighted by Crippen LogP contribution is 2.32. The number of anilines is 2. The molecule has 0 amide bonds. The second-order valence-electron chi connectivity index (χ2n) is 4.82. The van der Waals surface area contributed by atoms with Gasteiger partial charge in [0.1, 0.15) is 5.82 Å². The first-order valence-electron chi connectivity index (χ1n) is 6.51. The second-order valence-corrected chi connectivity index (χ2v) is 4.82. The van der Waals surface area contributed by atoms with Crippen molar-refractivity contribution in [3.8, 4) is 0 Å². The number of piperidine rings is 1. The molecule has 1 saturated heterocycles. The van der Waals surface area contributed by atoms with Crippen LogP contribution in [0.15, 0.2) is 6.07 Å². The molecule has 3 N–H and O–H groups in total. The largest absolute Gasteiger partial charge is 0.433 e. The number of aromatic nitrogens is 2. The van der Waals surface area contributed by atoms with Gasteiger partial charge in [-0.2, -0.15) is 18.2 Å². The van der Waals surface area contributed by atoms with Gasteiger partial charge in [0.05, 0.1) is 0 Å². The predicted molar refractivity (Wildman–Crippen MR) is 68.1 cm³/mol. The van der Waals surface area contributed by atoms with Gasteiger partial charge in [0.15, 0.2) is 5.69 Å². The minimum absolute atomic E-state index is 0.00609. The van der Waals surface area contributed by atoms with Gasteiger partial charge in [-0.05, 0) is 25.7 Å². The number of aliphatic hydroxyl groups excluding tert-OH is 1. The first-order valence-corrected chi connectivity index (χ1v) is 6.51. The second kappa shape index (κ2) is 5.82.